The molecule has 0 aromatic heterocycles. The fourth-order valence-electron chi connectivity index (χ4n) is 1.24. The number of rotatable bonds is 1. The Hall–Kier alpha value is -0.460. The predicted octanol–water partition coefficient (Wildman–Crippen LogP) is -0.653. The van der Waals surface area contributed by atoms with Crippen LogP contribution in [-0.2, 0) is 19.9 Å². The van der Waals surface area contributed by atoms with Crippen LogP contribution in [0, 0.1) is 0 Å². The lowest BCUT2D eigenvalue weighted by molar-refractivity contribution is -0.366. The molecule has 5 heteroatoms. The zero-order valence-corrected chi connectivity index (χ0v) is 5.54. The number of hydrogen-bond acceptors (Lipinski definition) is 4. The summed E-state index contributed by atoms with van der Waals surface area (Å²) in [6.07, 6.45) is 0.412. The summed E-state index contributed by atoms with van der Waals surface area (Å²) < 4.78 is 0. The Kier molecular flexibility index (Phi) is 1.67. The topological polar surface area (TPSA) is 67.8 Å². The molecule has 4 atom stereocenters. The summed E-state index contributed by atoms with van der Waals surface area (Å²) in [6.45, 7) is 0. The molecule has 1 aliphatic heterocycles. The zero-order chi connectivity index (χ0) is 7.84. The second-order valence-corrected chi connectivity index (χ2v) is 2.56. The van der Waals surface area contributed by atoms with Crippen molar-refractivity contribution in [2.24, 2.45) is 0 Å². The second-order valence-electron chi connectivity index (χ2n) is 2.56. The van der Waals surface area contributed by atoms with Crippen molar-refractivity contribution in [1.82, 2.24) is 0 Å². The first kappa shape index (κ1) is 7.20. The Morgan fingerprint density at radius 1 is 1.36 bits per heavy atom. The fraction of sp³-hybridized carbons (Fsp3) is 0.667. The van der Waals surface area contributed by atoms with Crippen molar-refractivity contribution in [3.05, 3.63) is 12.2 Å². The smallest absolute Gasteiger partial charge is 0.155 e. The number of aliphatic hydroxyl groups excluding tert-OH is 1. The van der Waals surface area contributed by atoms with Gasteiger partial charge in [0.1, 0.15) is 18.3 Å². The van der Waals surface area contributed by atoms with Crippen molar-refractivity contribution in [3.8, 4) is 0 Å². The third-order valence-electron chi connectivity index (χ3n) is 1.88. The van der Waals surface area contributed by atoms with Crippen LogP contribution >= 0.6 is 0 Å². The van der Waals surface area contributed by atoms with Gasteiger partial charge in [0.2, 0.25) is 0 Å². The van der Waals surface area contributed by atoms with Crippen LogP contribution in [0.25, 0.3) is 0 Å². The van der Waals surface area contributed by atoms with Crippen LogP contribution in [0.1, 0.15) is 0 Å². The van der Waals surface area contributed by atoms with E-state index < -0.39 is 24.4 Å². The molecule has 1 fully saturated rings. The molecule has 0 saturated carbocycles. The van der Waals surface area contributed by atoms with Gasteiger partial charge in [-0.3, -0.25) is 0 Å². The lowest BCUT2D eigenvalue weighted by Gasteiger charge is -2.20. The molecular formula is C6H7O5. The maximum Gasteiger partial charge on any atom is 0.155 e. The van der Waals surface area contributed by atoms with Crippen LogP contribution in [0.15, 0.2) is 12.2 Å². The Morgan fingerprint density at radius 3 is 2.91 bits per heavy atom. The van der Waals surface area contributed by atoms with Crippen molar-refractivity contribution in [2.45, 2.75) is 24.4 Å². The molecule has 2 aliphatic rings. The van der Waals surface area contributed by atoms with Gasteiger partial charge in [0.05, 0.1) is 0 Å². The highest BCUT2D eigenvalue weighted by atomic mass is 17.2. The minimum absolute atomic E-state index is 0.452. The lowest BCUT2D eigenvalue weighted by atomic mass is 9.97. The maximum absolute atomic E-state index is 10.0. The van der Waals surface area contributed by atoms with E-state index in [1.165, 1.54) is 6.08 Å². The largest absolute Gasteiger partial charge is 0.387 e. The molecule has 1 heterocycles. The Bertz CT molecular complexity index is 180. The van der Waals surface area contributed by atoms with E-state index in [1.807, 2.05) is 0 Å². The summed E-state index contributed by atoms with van der Waals surface area (Å²) in [7, 11) is 0. The lowest BCUT2D eigenvalue weighted by Crippen LogP contribution is -2.41. The third-order valence-corrected chi connectivity index (χ3v) is 1.88. The van der Waals surface area contributed by atoms with Crippen LogP contribution in [0.5, 0.6) is 0 Å². The first-order chi connectivity index (χ1) is 5.33. The van der Waals surface area contributed by atoms with E-state index in [0.717, 1.165) is 0 Å². The van der Waals surface area contributed by atoms with E-state index in [2.05, 4.69) is 14.7 Å². The molecule has 1 radical (unpaired) electrons. The van der Waals surface area contributed by atoms with Crippen LogP contribution in [0.2, 0.25) is 0 Å². The normalized spacial score (nSPS) is 48.2. The van der Waals surface area contributed by atoms with E-state index in [4.69, 9.17) is 0 Å². The summed E-state index contributed by atoms with van der Waals surface area (Å²) in [4.78, 5) is 13.1. The summed E-state index contributed by atoms with van der Waals surface area (Å²) in [5.41, 5.74) is 0. The molecule has 5 nitrogen and oxygen atoms in total. The number of aliphatic hydroxyl groups is 1. The van der Waals surface area contributed by atoms with Gasteiger partial charge in [0, 0.05) is 0 Å². The van der Waals surface area contributed by atoms with Gasteiger partial charge in [-0.05, 0) is 5.26 Å². The molecule has 61 valence electrons. The minimum Gasteiger partial charge on any atom is -0.387 e. The standard InChI is InChI=1S/C6H7O5/c7-5-3-1-2-4(9-8)6(5)11-10-3/h1-7H. The summed E-state index contributed by atoms with van der Waals surface area (Å²) >= 11 is 0. The SMILES string of the molecule is [O]OC1C=CC2OOC1C2O. The van der Waals surface area contributed by atoms with Gasteiger partial charge >= 0.3 is 0 Å². The molecule has 0 aromatic carbocycles. The first-order valence-electron chi connectivity index (χ1n) is 3.30. The van der Waals surface area contributed by atoms with E-state index in [9.17, 15) is 10.4 Å². The summed E-state index contributed by atoms with van der Waals surface area (Å²) in [6, 6.07) is 0. The molecule has 1 saturated heterocycles. The van der Waals surface area contributed by atoms with Crippen molar-refractivity contribution in [3.63, 3.8) is 0 Å². The van der Waals surface area contributed by atoms with Gasteiger partial charge in [-0.2, -0.15) is 4.89 Å². The van der Waals surface area contributed by atoms with E-state index in [-0.39, 0.29) is 0 Å². The second kappa shape index (κ2) is 2.54. The van der Waals surface area contributed by atoms with Gasteiger partial charge in [-0.15, -0.1) is 0 Å². The summed E-state index contributed by atoms with van der Waals surface area (Å²) in [5, 5.41) is 19.3. The van der Waals surface area contributed by atoms with Gasteiger partial charge in [-0.1, -0.05) is 12.2 Å². The highest BCUT2D eigenvalue weighted by molar-refractivity contribution is 5.10. The minimum atomic E-state index is -0.793. The van der Waals surface area contributed by atoms with Crippen molar-refractivity contribution >= 4 is 0 Å². The summed E-state index contributed by atoms with van der Waals surface area (Å²) in [5.74, 6) is 0. The van der Waals surface area contributed by atoms with Gasteiger partial charge in [-0.25, -0.2) is 9.78 Å². The molecule has 2 bridgehead atoms. The quantitative estimate of drug-likeness (QED) is 0.313. The fourth-order valence-corrected chi connectivity index (χ4v) is 1.24. The van der Waals surface area contributed by atoms with Gasteiger partial charge < -0.3 is 5.11 Å². The zero-order valence-electron chi connectivity index (χ0n) is 5.54. The van der Waals surface area contributed by atoms with Crippen molar-refractivity contribution in [2.75, 3.05) is 0 Å². The van der Waals surface area contributed by atoms with Gasteiger partial charge in [0.15, 0.2) is 6.10 Å². The Balaban J connectivity index is 2.18. The molecule has 0 aromatic rings. The third kappa shape index (κ3) is 0.979. The van der Waals surface area contributed by atoms with Crippen LogP contribution in [-0.4, -0.2) is 29.5 Å². The molecule has 0 spiro atoms. The van der Waals surface area contributed by atoms with E-state index in [0.29, 0.717) is 0 Å². The van der Waals surface area contributed by atoms with Gasteiger partial charge in [0.25, 0.3) is 0 Å². The highest BCUT2D eigenvalue weighted by Gasteiger charge is 2.45. The molecule has 0 amide bonds. The Labute approximate surface area is 62.7 Å². The van der Waals surface area contributed by atoms with Crippen molar-refractivity contribution < 1.29 is 25.0 Å². The van der Waals surface area contributed by atoms with Crippen molar-refractivity contribution in [1.29, 1.82) is 0 Å². The van der Waals surface area contributed by atoms with Crippen LogP contribution in [0.4, 0.5) is 0 Å². The predicted molar refractivity (Wildman–Crippen MR) is 30.5 cm³/mol. The monoisotopic (exact) mass is 159 g/mol. The van der Waals surface area contributed by atoms with Crippen LogP contribution in [0.3, 0.4) is 0 Å². The molecule has 1 aliphatic carbocycles. The Morgan fingerprint density at radius 2 is 2.18 bits per heavy atom. The maximum atomic E-state index is 10.0. The average Bonchev–Trinajstić information content (AvgIpc) is 2.31. The highest BCUT2D eigenvalue weighted by Crippen LogP contribution is 2.27. The molecule has 4 unspecified atom stereocenters. The molecule has 2 rings (SSSR count). The van der Waals surface area contributed by atoms with E-state index >= 15 is 0 Å². The number of hydrogen-bond donors (Lipinski definition) is 1. The molecule has 11 heavy (non-hydrogen) atoms. The molecular weight excluding hydrogens is 152 g/mol. The first-order valence-corrected chi connectivity index (χ1v) is 3.30. The van der Waals surface area contributed by atoms with E-state index in [1.54, 1.807) is 6.08 Å². The molecule has 1 N–H and O–H groups in total. The number of fused-ring (bicyclic) bond motifs is 2. The average molecular weight is 159 g/mol. The van der Waals surface area contributed by atoms with Crippen LogP contribution < -0.4 is 0 Å².